The van der Waals surface area contributed by atoms with Crippen LogP contribution in [0.4, 0.5) is 0 Å². The Balaban J connectivity index is 2.24. The summed E-state index contributed by atoms with van der Waals surface area (Å²) in [7, 11) is 0. The summed E-state index contributed by atoms with van der Waals surface area (Å²) in [5, 5.41) is 9.58. The van der Waals surface area contributed by atoms with E-state index in [1.165, 1.54) is 0 Å². The molecule has 0 unspecified atom stereocenters. The first-order valence-electron chi connectivity index (χ1n) is 8.22. The summed E-state index contributed by atoms with van der Waals surface area (Å²) in [4.78, 5) is 11.7. The molecule has 24 heavy (non-hydrogen) atoms. The van der Waals surface area contributed by atoms with Crippen LogP contribution in [0.1, 0.15) is 37.8 Å². The molecule has 0 saturated carbocycles. The number of ether oxygens (including phenoxy) is 2. The van der Waals surface area contributed by atoms with Gasteiger partial charge in [-0.25, -0.2) is 4.79 Å². The van der Waals surface area contributed by atoms with Crippen LogP contribution in [-0.4, -0.2) is 23.8 Å². The Kier molecular flexibility index (Phi) is 6.24. The SMILES string of the molecule is CCOc1ccccc1C[C@@H](Oc1ccccc1C(C)C)C(=O)O. The van der Waals surface area contributed by atoms with Crippen LogP contribution in [0, 0.1) is 0 Å². The monoisotopic (exact) mass is 328 g/mol. The van der Waals surface area contributed by atoms with Crippen molar-refractivity contribution in [1.29, 1.82) is 0 Å². The summed E-state index contributed by atoms with van der Waals surface area (Å²) in [6, 6.07) is 15.0. The lowest BCUT2D eigenvalue weighted by atomic mass is 10.0. The summed E-state index contributed by atoms with van der Waals surface area (Å²) in [6.45, 7) is 6.55. The number of carboxylic acid groups (broad SMARTS) is 1. The molecule has 0 aromatic heterocycles. The van der Waals surface area contributed by atoms with Gasteiger partial charge in [-0.2, -0.15) is 0 Å². The van der Waals surface area contributed by atoms with E-state index in [1.54, 1.807) is 0 Å². The molecular formula is C20H24O4. The number of aliphatic carboxylic acids is 1. The van der Waals surface area contributed by atoms with Crippen molar-refractivity contribution in [3.63, 3.8) is 0 Å². The van der Waals surface area contributed by atoms with Gasteiger partial charge in [0.2, 0.25) is 0 Å². The van der Waals surface area contributed by atoms with Crippen molar-refractivity contribution in [1.82, 2.24) is 0 Å². The second-order valence-electron chi connectivity index (χ2n) is 5.88. The number of hydrogen-bond acceptors (Lipinski definition) is 3. The van der Waals surface area contributed by atoms with Gasteiger partial charge in [-0.15, -0.1) is 0 Å². The van der Waals surface area contributed by atoms with E-state index in [4.69, 9.17) is 9.47 Å². The molecule has 1 atom stereocenters. The third kappa shape index (κ3) is 4.51. The minimum absolute atomic E-state index is 0.248. The van der Waals surface area contributed by atoms with E-state index < -0.39 is 12.1 Å². The van der Waals surface area contributed by atoms with Gasteiger partial charge >= 0.3 is 5.97 Å². The second-order valence-corrected chi connectivity index (χ2v) is 5.88. The van der Waals surface area contributed by atoms with Crippen molar-refractivity contribution in [3.8, 4) is 11.5 Å². The van der Waals surface area contributed by atoms with E-state index in [1.807, 2.05) is 55.5 Å². The Morgan fingerprint density at radius 1 is 1.04 bits per heavy atom. The molecule has 1 N–H and O–H groups in total. The number of rotatable bonds is 8. The molecule has 0 bridgehead atoms. The molecule has 0 amide bonds. The number of carbonyl (C=O) groups is 1. The van der Waals surface area contributed by atoms with E-state index in [-0.39, 0.29) is 12.3 Å². The molecule has 4 nitrogen and oxygen atoms in total. The smallest absolute Gasteiger partial charge is 0.345 e. The van der Waals surface area contributed by atoms with Gasteiger partial charge in [0.05, 0.1) is 6.61 Å². The van der Waals surface area contributed by atoms with Crippen LogP contribution in [0.2, 0.25) is 0 Å². The number of para-hydroxylation sites is 2. The minimum Gasteiger partial charge on any atom is -0.494 e. The van der Waals surface area contributed by atoms with Crippen molar-refractivity contribution in [2.45, 2.75) is 39.2 Å². The summed E-state index contributed by atoms with van der Waals surface area (Å²) >= 11 is 0. The van der Waals surface area contributed by atoms with Gasteiger partial charge in [-0.3, -0.25) is 0 Å². The molecule has 0 heterocycles. The second kappa shape index (κ2) is 8.39. The average molecular weight is 328 g/mol. The molecule has 0 saturated heterocycles. The lowest BCUT2D eigenvalue weighted by molar-refractivity contribution is -0.145. The maximum absolute atomic E-state index is 11.7. The first-order valence-corrected chi connectivity index (χ1v) is 8.22. The highest BCUT2D eigenvalue weighted by molar-refractivity contribution is 5.73. The van der Waals surface area contributed by atoms with Gasteiger partial charge < -0.3 is 14.6 Å². The van der Waals surface area contributed by atoms with Gasteiger partial charge in [-0.05, 0) is 36.1 Å². The van der Waals surface area contributed by atoms with E-state index in [0.29, 0.717) is 18.1 Å². The third-order valence-electron chi connectivity index (χ3n) is 3.76. The van der Waals surface area contributed by atoms with Gasteiger partial charge in [-0.1, -0.05) is 50.2 Å². The van der Waals surface area contributed by atoms with Crippen molar-refractivity contribution in [2.24, 2.45) is 0 Å². The Morgan fingerprint density at radius 2 is 1.67 bits per heavy atom. The maximum atomic E-state index is 11.7. The zero-order valence-electron chi connectivity index (χ0n) is 14.4. The summed E-state index contributed by atoms with van der Waals surface area (Å²) < 4.78 is 11.4. The van der Waals surface area contributed by atoms with Crippen LogP contribution in [0.5, 0.6) is 11.5 Å². The summed E-state index contributed by atoms with van der Waals surface area (Å²) in [5.41, 5.74) is 1.83. The average Bonchev–Trinajstić information content (AvgIpc) is 2.56. The zero-order chi connectivity index (χ0) is 17.5. The first-order chi connectivity index (χ1) is 11.5. The third-order valence-corrected chi connectivity index (χ3v) is 3.76. The molecule has 2 aromatic carbocycles. The van der Waals surface area contributed by atoms with E-state index in [9.17, 15) is 9.90 Å². The number of benzene rings is 2. The van der Waals surface area contributed by atoms with Crippen LogP contribution in [0.3, 0.4) is 0 Å². The standard InChI is InChI=1S/C20H24O4/c1-4-23-17-11-7-5-9-15(17)13-19(20(21)22)24-18-12-8-6-10-16(18)14(2)3/h5-12,14,19H,4,13H2,1-3H3,(H,21,22)/t19-/m1/s1. The predicted octanol–water partition coefficient (Wildman–Crippen LogP) is 4.28. The fourth-order valence-electron chi connectivity index (χ4n) is 2.57. The van der Waals surface area contributed by atoms with Crippen LogP contribution < -0.4 is 9.47 Å². The van der Waals surface area contributed by atoms with Gasteiger partial charge in [0.1, 0.15) is 11.5 Å². The van der Waals surface area contributed by atoms with Gasteiger partial charge in [0, 0.05) is 6.42 Å². The van der Waals surface area contributed by atoms with Crippen molar-refractivity contribution in [3.05, 3.63) is 59.7 Å². The lowest BCUT2D eigenvalue weighted by Crippen LogP contribution is -2.30. The topological polar surface area (TPSA) is 55.8 Å². The summed E-state index contributed by atoms with van der Waals surface area (Å²) in [5.74, 6) is 0.590. The lowest BCUT2D eigenvalue weighted by Gasteiger charge is -2.20. The Morgan fingerprint density at radius 3 is 2.29 bits per heavy atom. The van der Waals surface area contributed by atoms with E-state index in [0.717, 1.165) is 11.1 Å². The highest BCUT2D eigenvalue weighted by Crippen LogP contribution is 2.28. The maximum Gasteiger partial charge on any atom is 0.345 e. The number of carboxylic acids is 1. The van der Waals surface area contributed by atoms with Crippen molar-refractivity contribution < 1.29 is 19.4 Å². The molecular weight excluding hydrogens is 304 g/mol. The van der Waals surface area contributed by atoms with Crippen LogP contribution in [-0.2, 0) is 11.2 Å². The molecule has 2 aromatic rings. The molecule has 0 aliphatic carbocycles. The fraction of sp³-hybridized carbons (Fsp3) is 0.350. The van der Waals surface area contributed by atoms with Crippen LogP contribution in [0.15, 0.2) is 48.5 Å². The van der Waals surface area contributed by atoms with Gasteiger partial charge in [0.25, 0.3) is 0 Å². The highest BCUT2D eigenvalue weighted by atomic mass is 16.5. The molecule has 0 aliphatic rings. The van der Waals surface area contributed by atoms with E-state index in [2.05, 4.69) is 13.8 Å². The quantitative estimate of drug-likeness (QED) is 0.785. The Bertz CT molecular complexity index is 679. The minimum atomic E-state index is -0.986. The van der Waals surface area contributed by atoms with E-state index >= 15 is 0 Å². The molecule has 128 valence electrons. The molecule has 0 aliphatic heterocycles. The van der Waals surface area contributed by atoms with Crippen molar-refractivity contribution in [2.75, 3.05) is 6.61 Å². The van der Waals surface area contributed by atoms with Gasteiger partial charge in [0.15, 0.2) is 6.10 Å². The molecule has 4 heteroatoms. The molecule has 0 spiro atoms. The first kappa shape index (κ1) is 17.9. The highest BCUT2D eigenvalue weighted by Gasteiger charge is 2.23. The normalized spacial score (nSPS) is 12.0. The Labute approximate surface area is 143 Å². The predicted molar refractivity (Wildman–Crippen MR) is 93.9 cm³/mol. The Hall–Kier alpha value is -2.49. The molecule has 0 fully saturated rings. The van der Waals surface area contributed by atoms with Crippen LogP contribution in [0.25, 0.3) is 0 Å². The largest absolute Gasteiger partial charge is 0.494 e. The molecule has 0 radical (unpaired) electrons. The zero-order valence-corrected chi connectivity index (χ0v) is 14.4. The number of hydrogen-bond donors (Lipinski definition) is 1. The molecule has 2 rings (SSSR count). The fourth-order valence-corrected chi connectivity index (χ4v) is 2.57. The summed E-state index contributed by atoms with van der Waals surface area (Å²) in [6.07, 6.45) is -0.718. The van der Waals surface area contributed by atoms with Crippen LogP contribution >= 0.6 is 0 Å². The van der Waals surface area contributed by atoms with Crippen molar-refractivity contribution >= 4 is 5.97 Å².